The zero-order chi connectivity index (χ0) is 34.3. The van der Waals surface area contributed by atoms with Crippen LogP contribution in [0, 0.1) is 5.41 Å². The number of nitrogens with zero attached hydrogens (tertiary/aromatic N) is 5. The molecule has 0 spiro atoms. The molecule has 0 bridgehead atoms. The Bertz CT molecular complexity index is 1680. The third kappa shape index (κ3) is 8.48. The molecule has 0 atom stereocenters. The van der Waals surface area contributed by atoms with Gasteiger partial charge in [0.05, 0.1) is 11.5 Å². The average molecular weight is 659 g/mol. The van der Waals surface area contributed by atoms with E-state index < -0.39 is 35.4 Å². The molecule has 0 radical (unpaired) electrons. The Kier molecular flexibility index (Phi) is 11.0. The molecule has 3 heterocycles. The molecule has 12 heteroatoms. The highest BCUT2D eigenvalue weighted by Gasteiger charge is 2.36. The molecule has 4 aromatic rings. The van der Waals surface area contributed by atoms with Crippen LogP contribution in [-0.4, -0.2) is 75.3 Å². The molecule has 48 heavy (non-hydrogen) atoms. The Morgan fingerprint density at radius 1 is 0.854 bits per heavy atom. The Balaban J connectivity index is 1.09. The molecule has 0 unspecified atom stereocenters. The normalized spacial score (nSPS) is 14.7. The van der Waals surface area contributed by atoms with Gasteiger partial charge in [0, 0.05) is 19.6 Å². The smallest absolute Gasteiger partial charge is 0.368 e. The second-order valence-electron chi connectivity index (χ2n) is 13.6. The van der Waals surface area contributed by atoms with Gasteiger partial charge in [-0.05, 0) is 83.7 Å². The molecule has 1 fully saturated rings. The van der Waals surface area contributed by atoms with E-state index in [-0.39, 0.29) is 17.9 Å². The van der Waals surface area contributed by atoms with Crippen LogP contribution in [0.2, 0.25) is 0 Å². The maximum absolute atomic E-state index is 13.2. The number of esters is 2. The summed E-state index contributed by atoms with van der Waals surface area (Å²) in [7, 11) is 0. The van der Waals surface area contributed by atoms with Crippen molar-refractivity contribution >= 4 is 23.4 Å². The number of ether oxygens (including phenoxy) is 3. The fourth-order valence-electron chi connectivity index (χ4n) is 5.53. The molecule has 0 amide bonds. The largest absolute Gasteiger partial charge is 0.427 e. The van der Waals surface area contributed by atoms with Crippen LogP contribution in [0.3, 0.4) is 0 Å². The quantitative estimate of drug-likeness (QED) is 0.122. The maximum Gasteiger partial charge on any atom is 0.368 e. The summed E-state index contributed by atoms with van der Waals surface area (Å²) in [6.07, 6.45) is 2.95. The van der Waals surface area contributed by atoms with Crippen LogP contribution >= 0.6 is 0 Å². The van der Waals surface area contributed by atoms with E-state index in [0.29, 0.717) is 12.4 Å². The Morgan fingerprint density at radius 3 is 2.06 bits per heavy atom. The zero-order valence-corrected chi connectivity index (χ0v) is 28.4. The van der Waals surface area contributed by atoms with Crippen molar-refractivity contribution in [2.24, 2.45) is 5.41 Å². The van der Waals surface area contributed by atoms with Crippen molar-refractivity contribution in [2.75, 3.05) is 38.3 Å². The summed E-state index contributed by atoms with van der Waals surface area (Å²) in [6.45, 7) is 11.1. The van der Waals surface area contributed by atoms with Gasteiger partial charge in [0.1, 0.15) is 11.9 Å². The van der Waals surface area contributed by atoms with Crippen LogP contribution in [0.1, 0.15) is 71.1 Å². The SMILES string of the molecule is CC(C)(C)C(=O)OCOC(=O)C(C)(C)n1nc2ccc(NCCCN3CCC(OC(c4ccccc4)c4ccccc4)CC3)nn2c1=O. The first-order valence-corrected chi connectivity index (χ1v) is 16.5. The number of piperidine rings is 1. The van der Waals surface area contributed by atoms with Crippen LogP contribution in [-0.2, 0) is 29.3 Å². The number of aromatic nitrogens is 4. The lowest BCUT2D eigenvalue weighted by molar-refractivity contribution is -0.178. The molecule has 1 saturated heterocycles. The summed E-state index contributed by atoms with van der Waals surface area (Å²) in [6, 6.07) is 24.2. The van der Waals surface area contributed by atoms with Gasteiger partial charge in [0.25, 0.3) is 0 Å². The molecule has 1 aliphatic heterocycles. The summed E-state index contributed by atoms with van der Waals surface area (Å²) in [5.74, 6) is -0.748. The number of carbonyl (C=O) groups is 2. The summed E-state index contributed by atoms with van der Waals surface area (Å²) in [5.41, 5.74) is -0.164. The topological polar surface area (TPSA) is 129 Å². The first kappa shape index (κ1) is 34.8. The summed E-state index contributed by atoms with van der Waals surface area (Å²) in [4.78, 5) is 40.4. The number of hydrogen-bond acceptors (Lipinski definition) is 10. The Labute approximate surface area is 281 Å². The van der Waals surface area contributed by atoms with Gasteiger partial charge >= 0.3 is 17.6 Å². The minimum Gasteiger partial charge on any atom is -0.427 e. The van der Waals surface area contributed by atoms with Crippen LogP contribution in [0.4, 0.5) is 5.82 Å². The number of anilines is 1. The van der Waals surface area contributed by atoms with E-state index in [1.807, 2.05) is 12.1 Å². The lowest BCUT2D eigenvalue weighted by Crippen LogP contribution is -2.44. The van der Waals surface area contributed by atoms with E-state index in [9.17, 15) is 14.4 Å². The van der Waals surface area contributed by atoms with Crippen molar-refractivity contribution in [2.45, 2.75) is 71.6 Å². The molecular formula is C36H46N6O6. The highest BCUT2D eigenvalue weighted by molar-refractivity contribution is 5.78. The van der Waals surface area contributed by atoms with Gasteiger partial charge in [-0.2, -0.15) is 9.20 Å². The molecule has 0 saturated carbocycles. The van der Waals surface area contributed by atoms with Gasteiger partial charge in [-0.15, -0.1) is 10.2 Å². The fraction of sp³-hybridized carbons (Fsp3) is 0.472. The molecule has 5 rings (SSSR count). The van der Waals surface area contributed by atoms with Gasteiger partial charge in [0.15, 0.2) is 11.2 Å². The zero-order valence-electron chi connectivity index (χ0n) is 28.4. The molecule has 1 N–H and O–H groups in total. The Hall–Kier alpha value is -4.55. The molecule has 256 valence electrons. The standard InChI is InChI=1S/C36H46N6O6/c1-35(2,3)32(43)46-25-47-33(44)36(4,5)42-34(45)41-30(39-42)18-17-29(38-41)37-21-12-22-40-23-19-28(20-24-40)48-31(26-13-8-6-9-14-26)27-15-10-7-11-16-27/h6-11,13-18,28,31H,12,19-25H2,1-5H3,(H,37,38). The monoisotopic (exact) mass is 658 g/mol. The number of benzene rings is 2. The van der Waals surface area contributed by atoms with Crippen LogP contribution < -0.4 is 11.0 Å². The van der Waals surface area contributed by atoms with Crippen LogP contribution in [0.15, 0.2) is 77.6 Å². The van der Waals surface area contributed by atoms with Gasteiger partial charge in [0.2, 0.25) is 6.79 Å². The number of hydrogen-bond donors (Lipinski definition) is 1. The molecule has 2 aromatic carbocycles. The predicted octanol–water partition coefficient (Wildman–Crippen LogP) is 4.79. The second-order valence-corrected chi connectivity index (χ2v) is 13.6. The predicted molar refractivity (Wildman–Crippen MR) is 181 cm³/mol. The molecule has 1 aliphatic rings. The molecule has 12 nitrogen and oxygen atoms in total. The summed E-state index contributed by atoms with van der Waals surface area (Å²) in [5, 5.41) is 12.0. The summed E-state index contributed by atoms with van der Waals surface area (Å²) >= 11 is 0. The van der Waals surface area contributed by atoms with E-state index in [1.54, 1.807) is 32.9 Å². The minimum absolute atomic E-state index is 0.0811. The number of likely N-dealkylation sites (tertiary alicyclic amines) is 1. The first-order chi connectivity index (χ1) is 22.9. The lowest BCUT2D eigenvalue weighted by atomic mass is 9.98. The van der Waals surface area contributed by atoms with Gasteiger partial charge in [-0.3, -0.25) is 4.79 Å². The van der Waals surface area contributed by atoms with Gasteiger partial charge in [-0.25, -0.2) is 9.59 Å². The van der Waals surface area contributed by atoms with E-state index in [0.717, 1.165) is 48.1 Å². The highest BCUT2D eigenvalue weighted by atomic mass is 16.7. The number of rotatable bonds is 13. The third-order valence-corrected chi connectivity index (χ3v) is 8.43. The summed E-state index contributed by atoms with van der Waals surface area (Å²) < 4.78 is 19.0. The molecule has 0 aliphatic carbocycles. The highest BCUT2D eigenvalue weighted by Crippen LogP contribution is 2.30. The number of nitrogens with one attached hydrogen (secondary N) is 1. The van der Waals surface area contributed by atoms with E-state index in [4.69, 9.17) is 14.2 Å². The van der Waals surface area contributed by atoms with E-state index in [2.05, 4.69) is 68.9 Å². The number of carbonyl (C=O) groups excluding carboxylic acids is 2. The van der Waals surface area contributed by atoms with Crippen molar-refractivity contribution in [1.82, 2.24) is 24.3 Å². The molecule has 2 aromatic heterocycles. The van der Waals surface area contributed by atoms with E-state index >= 15 is 0 Å². The van der Waals surface area contributed by atoms with Crippen molar-refractivity contribution in [3.8, 4) is 0 Å². The fourth-order valence-corrected chi connectivity index (χ4v) is 5.53. The van der Waals surface area contributed by atoms with E-state index in [1.165, 1.54) is 25.0 Å². The lowest BCUT2D eigenvalue weighted by Gasteiger charge is -2.34. The van der Waals surface area contributed by atoms with Gasteiger partial charge in [-0.1, -0.05) is 60.7 Å². The minimum atomic E-state index is -1.46. The maximum atomic E-state index is 13.2. The van der Waals surface area contributed by atoms with Crippen molar-refractivity contribution in [1.29, 1.82) is 0 Å². The van der Waals surface area contributed by atoms with Crippen molar-refractivity contribution in [3.05, 3.63) is 94.4 Å². The molecular weight excluding hydrogens is 612 g/mol. The third-order valence-electron chi connectivity index (χ3n) is 8.43. The van der Waals surface area contributed by atoms with Crippen molar-refractivity contribution < 1.29 is 23.8 Å². The van der Waals surface area contributed by atoms with Crippen LogP contribution in [0.5, 0.6) is 0 Å². The van der Waals surface area contributed by atoms with Crippen molar-refractivity contribution in [3.63, 3.8) is 0 Å². The number of fused-ring (bicyclic) bond motifs is 1. The van der Waals surface area contributed by atoms with Crippen LogP contribution in [0.25, 0.3) is 5.65 Å². The Morgan fingerprint density at radius 2 is 1.46 bits per heavy atom. The van der Waals surface area contributed by atoms with Gasteiger partial charge < -0.3 is 24.4 Å². The first-order valence-electron chi connectivity index (χ1n) is 16.5. The second kappa shape index (κ2) is 15.1. The average Bonchev–Trinajstić information content (AvgIpc) is 3.42.